The van der Waals surface area contributed by atoms with Crippen LogP contribution in [0.15, 0.2) is 0 Å². The van der Waals surface area contributed by atoms with E-state index < -0.39 is 48.4 Å². The Balaban J connectivity index is 0.994. The number of hydrogen-bond donors (Lipinski definition) is 5. The molecule has 4 aliphatic heterocycles. The van der Waals surface area contributed by atoms with Gasteiger partial charge in [0.15, 0.2) is 12.6 Å². The van der Waals surface area contributed by atoms with Gasteiger partial charge < -0.3 is 49.2 Å². The summed E-state index contributed by atoms with van der Waals surface area (Å²) in [4.78, 5) is 0. The molecule has 0 aromatic heterocycles. The number of aliphatic hydroxyl groups excluding tert-OH is 5. The summed E-state index contributed by atoms with van der Waals surface area (Å²) >= 11 is 0. The average Bonchev–Trinajstić information content (AvgIpc) is 3.82. The zero-order chi connectivity index (χ0) is 31.9. The molecule has 10 heteroatoms. The Morgan fingerprint density at radius 3 is 2.22 bits per heavy atom. The van der Waals surface area contributed by atoms with E-state index in [1.54, 1.807) is 0 Å². The summed E-state index contributed by atoms with van der Waals surface area (Å²) in [6.07, 6.45) is 0.714. The van der Waals surface area contributed by atoms with Crippen LogP contribution in [0.25, 0.3) is 0 Å². The second-order valence-corrected chi connectivity index (χ2v) is 18.4. The predicted molar refractivity (Wildman–Crippen MR) is 158 cm³/mol. The van der Waals surface area contributed by atoms with Crippen LogP contribution < -0.4 is 0 Å². The molecule has 9 fully saturated rings. The maximum atomic E-state index is 12.1. The Kier molecular flexibility index (Phi) is 6.02. The second kappa shape index (κ2) is 8.84. The smallest absolute Gasteiger partial charge is 0.201 e. The van der Waals surface area contributed by atoms with E-state index in [1.807, 2.05) is 6.92 Å². The third-order valence-corrected chi connectivity index (χ3v) is 16.5. The maximum absolute atomic E-state index is 12.1. The molecule has 0 bridgehead atoms. The van der Waals surface area contributed by atoms with E-state index in [1.165, 1.54) is 0 Å². The summed E-state index contributed by atoms with van der Waals surface area (Å²) in [7, 11) is 0. The zero-order valence-electron chi connectivity index (χ0n) is 27.6. The zero-order valence-corrected chi connectivity index (χ0v) is 27.6. The lowest BCUT2D eigenvalue weighted by Crippen LogP contribution is -2.63. The third-order valence-electron chi connectivity index (χ3n) is 16.5. The van der Waals surface area contributed by atoms with Crippen molar-refractivity contribution in [2.75, 3.05) is 6.61 Å². The molecule has 2 unspecified atom stereocenters. The normalized spacial score (nSPS) is 66.9. The molecule has 5 N–H and O–H groups in total. The van der Waals surface area contributed by atoms with Gasteiger partial charge in [-0.3, -0.25) is 0 Å². The highest BCUT2D eigenvalue weighted by Crippen LogP contribution is 2.89. The van der Waals surface area contributed by atoms with Crippen LogP contribution >= 0.6 is 0 Å². The van der Waals surface area contributed by atoms with Gasteiger partial charge in [-0.15, -0.1) is 0 Å². The van der Waals surface area contributed by atoms with Crippen LogP contribution in [0.2, 0.25) is 0 Å². The number of rotatable bonds is 2. The van der Waals surface area contributed by atoms with Gasteiger partial charge in [-0.25, -0.2) is 0 Å². The first-order valence-electron chi connectivity index (χ1n) is 17.7. The summed E-state index contributed by atoms with van der Waals surface area (Å²) in [6, 6.07) is 0. The number of ether oxygens (including phenoxy) is 5. The van der Waals surface area contributed by atoms with E-state index in [4.69, 9.17) is 23.7 Å². The van der Waals surface area contributed by atoms with Crippen LogP contribution in [0.3, 0.4) is 0 Å². The van der Waals surface area contributed by atoms with Gasteiger partial charge in [-0.1, -0.05) is 34.6 Å². The molecule has 0 radical (unpaired) electrons. The highest BCUT2D eigenvalue weighted by molar-refractivity contribution is 5.33. The van der Waals surface area contributed by atoms with Gasteiger partial charge in [-0.05, 0) is 90.8 Å². The van der Waals surface area contributed by atoms with E-state index in [0.29, 0.717) is 24.2 Å². The fourth-order valence-corrected chi connectivity index (χ4v) is 14.2. The lowest BCUT2D eigenvalue weighted by molar-refractivity contribution is -0.344. The third kappa shape index (κ3) is 3.37. The topological polar surface area (TPSA) is 151 Å². The first-order chi connectivity index (χ1) is 21.0. The van der Waals surface area contributed by atoms with E-state index in [0.717, 1.165) is 44.9 Å². The summed E-state index contributed by atoms with van der Waals surface area (Å²) in [5.74, 6) is 0.665. The molecule has 0 aromatic carbocycles. The molecule has 10 nitrogen and oxygen atoms in total. The highest BCUT2D eigenvalue weighted by atomic mass is 16.8. The van der Waals surface area contributed by atoms with Crippen LogP contribution in [0, 0.1) is 50.7 Å². The molecule has 254 valence electrons. The fourth-order valence-electron chi connectivity index (χ4n) is 14.2. The van der Waals surface area contributed by atoms with Crippen LogP contribution in [0.5, 0.6) is 0 Å². The van der Waals surface area contributed by atoms with E-state index in [-0.39, 0.29) is 57.9 Å². The Labute approximate surface area is 266 Å². The fraction of sp³-hybridized carbons (Fsp3) is 1.00. The average molecular weight is 635 g/mol. The molecule has 5 saturated carbocycles. The summed E-state index contributed by atoms with van der Waals surface area (Å²) in [5, 5.41) is 53.6. The molecular formula is C35H54O10. The molecule has 0 amide bonds. The SMILES string of the molecule is C[C@@H]1C[C@@]2(O[C@H]3C[C@@]4(C)C5CCC6C(C)(C)[C@@H](O[C@@H]7OC[C@@H](O)[C@H](O)[C@H]7O)C[C@H](O)[C@@]67C[C@@]57CC[C@]4(C)[C@@H]13)O[C@H](O)[C@@]1(C)O[C@@H]21. The van der Waals surface area contributed by atoms with Crippen LogP contribution in [-0.4, -0.2) is 98.8 Å². The molecule has 4 heterocycles. The van der Waals surface area contributed by atoms with Gasteiger partial charge in [0.25, 0.3) is 0 Å². The van der Waals surface area contributed by atoms with Crippen molar-refractivity contribution in [2.45, 2.75) is 160 Å². The summed E-state index contributed by atoms with van der Waals surface area (Å²) in [6.45, 7) is 13.7. The molecule has 3 spiro atoms. The van der Waals surface area contributed by atoms with Crippen molar-refractivity contribution in [3.63, 3.8) is 0 Å². The number of epoxide rings is 1. The molecule has 4 saturated heterocycles. The lowest BCUT2D eigenvalue weighted by atomic mass is 9.41. The van der Waals surface area contributed by atoms with Crippen LogP contribution in [0.1, 0.15) is 92.9 Å². The molecular weight excluding hydrogens is 580 g/mol. The van der Waals surface area contributed by atoms with Crippen molar-refractivity contribution in [3.05, 3.63) is 0 Å². The van der Waals surface area contributed by atoms with Crippen molar-refractivity contribution < 1.29 is 49.2 Å². The van der Waals surface area contributed by atoms with Gasteiger partial charge in [0.2, 0.25) is 5.79 Å². The molecule has 19 atom stereocenters. The Bertz CT molecular complexity index is 1280. The quantitative estimate of drug-likeness (QED) is 0.226. The molecule has 9 rings (SSSR count). The minimum Gasteiger partial charge on any atom is -0.392 e. The van der Waals surface area contributed by atoms with Gasteiger partial charge >= 0.3 is 0 Å². The first kappa shape index (κ1) is 30.6. The predicted octanol–water partition coefficient (Wildman–Crippen LogP) is 2.46. The first-order valence-corrected chi connectivity index (χ1v) is 17.7. The molecule has 9 aliphatic rings. The number of hydrogen-bond acceptors (Lipinski definition) is 10. The Morgan fingerprint density at radius 2 is 1.53 bits per heavy atom. The van der Waals surface area contributed by atoms with Crippen molar-refractivity contribution in [1.29, 1.82) is 0 Å². The number of fused-ring (bicyclic) bond motifs is 6. The van der Waals surface area contributed by atoms with Gasteiger partial charge in [-0.2, -0.15) is 0 Å². The highest BCUT2D eigenvalue weighted by Gasteiger charge is 2.86. The molecule has 0 aromatic rings. The Hall–Kier alpha value is -0.400. The lowest BCUT2D eigenvalue weighted by Gasteiger charge is -2.64. The molecule has 45 heavy (non-hydrogen) atoms. The van der Waals surface area contributed by atoms with Crippen molar-refractivity contribution in [3.8, 4) is 0 Å². The van der Waals surface area contributed by atoms with Gasteiger partial charge in [0.1, 0.15) is 30.0 Å². The minimum absolute atomic E-state index is 0.0476. The minimum atomic E-state index is -1.34. The van der Waals surface area contributed by atoms with Crippen LogP contribution in [-0.2, 0) is 23.7 Å². The Morgan fingerprint density at radius 1 is 0.800 bits per heavy atom. The van der Waals surface area contributed by atoms with Crippen molar-refractivity contribution in [1.82, 2.24) is 0 Å². The largest absolute Gasteiger partial charge is 0.392 e. The monoisotopic (exact) mass is 634 g/mol. The standard InChI is InChI=1S/C35H54O10/c1-16-12-35(27-32(6,44-27)28(40)45-35)43-18-13-31(5)20-8-7-19-29(2,3)22(42-26-25(39)24(38)17(36)14-41-26)11-21(37)34(19)15-33(20,34)10-9-30(31,4)23(16)18/h16-28,36-40H,7-15H2,1-6H3/t16-,17-,18+,19?,20?,21+,22+,23+,24+,25-,26+,27-,28+,30-,31+,32+,33+,34-,35-/m1/s1. The summed E-state index contributed by atoms with van der Waals surface area (Å²) < 4.78 is 31.2. The van der Waals surface area contributed by atoms with E-state index in [9.17, 15) is 25.5 Å². The summed E-state index contributed by atoms with van der Waals surface area (Å²) in [5.41, 5.74) is -0.855. The van der Waals surface area contributed by atoms with Gasteiger partial charge in [0, 0.05) is 18.3 Å². The van der Waals surface area contributed by atoms with E-state index >= 15 is 0 Å². The van der Waals surface area contributed by atoms with Gasteiger partial charge in [0.05, 0.1) is 24.9 Å². The van der Waals surface area contributed by atoms with Crippen molar-refractivity contribution in [2.24, 2.45) is 50.7 Å². The second-order valence-electron chi connectivity index (χ2n) is 18.4. The molecule has 5 aliphatic carbocycles. The van der Waals surface area contributed by atoms with E-state index in [2.05, 4.69) is 34.6 Å². The maximum Gasteiger partial charge on any atom is 0.201 e. The number of aliphatic hydroxyl groups is 5. The van der Waals surface area contributed by atoms with Crippen molar-refractivity contribution >= 4 is 0 Å². The van der Waals surface area contributed by atoms with Crippen LogP contribution in [0.4, 0.5) is 0 Å².